The average molecular weight is 625 g/mol. The van der Waals surface area contributed by atoms with E-state index < -0.39 is 28.9 Å². The van der Waals surface area contributed by atoms with Crippen LogP contribution in [0.4, 0.5) is 5.69 Å². The number of nitro groups is 1. The van der Waals surface area contributed by atoms with Crippen LogP contribution >= 0.6 is 0 Å². The second-order valence-electron chi connectivity index (χ2n) is 12.1. The number of carbonyl (C=O) groups excluding carboxylic acids is 2. The Morgan fingerprint density at radius 2 is 1.63 bits per heavy atom. The number of carbonyl (C=O) groups is 2. The molecule has 10 heteroatoms. The van der Waals surface area contributed by atoms with Gasteiger partial charge in [0.25, 0.3) is 5.69 Å². The molecule has 2 heterocycles. The Bertz CT molecular complexity index is 1600. The highest BCUT2D eigenvalue weighted by atomic mass is 16.6. The molecule has 2 unspecified atom stereocenters. The number of hydrogen-bond acceptors (Lipinski definition) is 9. The molecule has 3 aromatic rings. The van der Waals surface area contributed by atoms with Crippen molar-refractivity contribution < 1.29 is 24.0 Å². The Balaban J connectivity index is 1.39. The molecule has 2 atom stereocenters. The molecular weight excluding hydrogens is 584 g/mol. The van der Waals surface area contributed by atoms with Gasteiger partial charge < -0.3 is 20.5 Å². The Labute approximate surface area is 269 Å². The number of nitrogens with zero attached hydrogens (tertiary/aromatic N) is 2. The lowest BCUT2D eigenvalue weighted by atomic mass is 9.81. The van der Waals surface area contributed by atoms with Crippen LogP contribution in [0.15, 0.2) is 108 Å². The SMILES string of the molecule is CC1=C(C(=O)OC(C)C)C(c2cccc([N+](=O)[O-])c2)C(C(=O)OCC2CCCN(C(c3ccccc3)c3ccccc3)C2)=C(N)N1. The highest BCUT2D eigenvalue weighted by Crippen LogP contribution is 2.40. The number of allylic oxidation sites excluding steroid dienone is 1. The zero-order valence-corrected chi connectivity index (χ0v) is 26.3. The molecule has 2 aliphatic rings. The molecule has 46 heavy (non-hydrogen) atoms. The molecule has 3 aromatic carbocycles. The Kier molecular flexibility index (Phi) is 10.2. The number of nitrogens with one attached hydrogen (secondary N) is 1. The maximum Gasteiger partial charge on any atom is 0.338 e. The van der Waals surface area contributed by atoms with Crippen molar-refractivity contribution in [2.24, 2.45) is 11.7 Å². The molecule has 10 nitrogen and oxygen atoms in total. The van der Waals surface area contributed by atoms with E-state index in [0.717, 1.165) is 19.4 Å². The normalized spacial score (nSPS) is 18.8. The van der Waals surface area contributed by atoms with Crippen LogP contribution in [-0.2, 0) is 19.1 Å². The molecule has 240 valence electrons. The van der Waals surface area contributed by atoms with Crippen molar-refractivity contribution in [3.05, 3.63) is 134 Å². The standard InChI is InChI=1S/C36H40N4O6/c1-23(2)46-36(42)30-24(3)38-34(37)32(31(30)28-17-10-18-29(20-28)40(43)44)35(41)45-22-25-12-11-19-39(21-25)33(26-13-6-4-7-14-26)27-15-8-5-9-16-27/h4-10,13-18,20,23,25,31,33,38H,11-12,19,21-22,37H2,1-3H3. The second kappa shape index (κ2) is 14.4. The topological polar surface area (TPSA) is 137 Å². The van der Waals surface area contributed by atoms with Gasteiger partial charge in [-0.2, -0.15) is 0 Å². The fourth-order valence-corrected chi connectivity index (χ4v) is 6.40. The molecule has 0 aliphatic carbocycles. The fourth-order valence-electron chi connectivity index (χ4n) is 6.40. The number of hydrogen-bond donors (Lipinski definition) is 2. The van der Waals surface area contributed by atoms with Gasteiger partial charge in [0.05, 0.1) is 40.7 Å². The van der Waals surface area contributed by atoms with E-state index in [0.29, 0.717) is 17.8 Å². The molecule has 2 aliphatic heterocycles. The molecular formula is C36H40N4O6. The van der Waals surface area contributed by atoms with Gasteiger partial charge in [-0.15, -0.1) is 0 Å². The lowest BCUT2D eigenvalue weighted by molar-refractivity contribution is -0.384. The minimum absolute atomic E-state index is 0.0147. The summed E-state index contributed by atoms with van der Waals surface area (Å²) < 4.78 is 11.5. The zero-order chi connectivity index (χ0) is 32.8. The van der Waals surface area contributed by atoms with E-state index in [1.54, 1.807) is 26.8 Å². The highest BCUT2D eigenvalue weighted by Gasteiger charge is 2.40. The lowest BCUT2D eigenvalue weighted by Crippen LogP contribution is -2.41. The summed E-state index contributed by atoms with van der Waals surface area (Å²) in [6.45, 7) is 6.87. The number of nitrogens with two attached hydrogens (primary N) is 1. The third kappa shape index (κ3) is 7.29. The quantitative estimate of drug-likeness (QED) is 0.165. The first-order chi connectivity index (χ1) is 22.1. The van der Waals surface area contributed by atoms with Gasteiger partial charge in [-0.1, -0.05) is 72.8 Å². The Morgan fingerprint density at radius 1 is 0.978 bits per heavy atom. The van der Waals surface area contributed by atoms with Gasteiger partial charge in [-0.05, 0) is 56.8 Å². The number of dihydropyridines is 1. The van der Waals surface area contributed by atoms with Crippen LogP contribution in [-0.4, -0.2) is 47.6 Å². The van der Waals surface area contributed by atoms with Crippen LogP contribution < -0.4 is 11.1 Å². The summed E-state index contributed by atoms with van der Waals surface area (Å²) in [5.41, 5.74) is 9.53. The molecule has 3 N–H and O–H groups in total. The van der Waals surface area contributed by atoms with Crippen LogP contribution in [0.25, 0.3) is 0 Å². The Morgan fingerprint density at radius 3 is 2.24 bits per heavy atom. The van der Waals surface area contributed by atoms with Crippen LogP contribution in [0.2, 0.25) is 0 Å². The minimum Gasteiger partial charge on any atom is -0.462 e. The van der Waals surface area contributed by atoms with Crippen LogP contribution in [0, 0.1) is 16.0 Å². The number of ether oxygens (including phenoxy) is 2. The van der Waals surface area contributed by atoms with Gasteiger partial charge in [-0.25, -0.2) is 9.59 Å². The third-order valence-corrected chi connectivity index (χ3v) is 8.39. The number of rotatable bonds is 10. The van der Waals surface area contributed by atoms with Crippen molar-refractivity contribution in [1.82, 2.24) is 10.2 Å². The highest BCUT2D eigenvalue weighted by molar-refractivity contribution is 6.00. The van der Waals surface area contributed by atoms with Gasteiger partial charge in [-0.3, -0.25) is 15.0 Å². The van der Waals surface area contributed by atoms with E-state index in [-0.39, 0.29) is 41.2 Å². The molecule has 0 aromatic heterocycles. The summed E-state index contributed by atoms with van der Waals surface area (Å²) in [6, 6.07) is 26.7. The summed E-state index contributed by atoms with van der Waals surface area (Å²) in [5, 5.41) is 14.6. The van der Waals surface area contributed by atoms with Gasteiger partial charge in [0, 0.05) is 30.3 Å². The summed E-state index contributed by atoms with van der Waals surface area (Å²) in [6.07, 6.45) is 1.39. The van der Waals surface area contributed by atoms with Crippen molar-refractivity contribution in [3.63, 3.8) is 0 Å². The van der Waals surface area contributed by atoms with E-state index in [1.807, 2.05) is 36.4 Å². The van der Waals surface area contributed by atoms with Gasteiger partial charge in [0.2, 0.25) is 0 Å². The molecule has 5 rings (SSSR count). The summed E-state index contributed by atoms with van der Waals surface area (Å²) in [5.74, 6) is -2.28. The van der Waals surface area contributed by atoms with Gasteiger partial charge in [0.1, 0.15) is 5.82 Å². The molecule has 0 radical (unpaired) electrons. The maximum absolute atomic E-state index is 13.9. The summed E-state index contributed by atoms with van der Waals surface area (Å²) >= 11 is 0. The molecule has 0 amide bonds. The number of non-ortho nitro benzene ring substituents is 1. The largest absolute Gasteiger partial charge is 0.462 e. The Hall–Kier alpha value is -4.96. The van der Waals surface area contributed by atoms with Crippen LogP contribution in [0.3, 0.4) is 0 Å². The summed E-state index contributed by atoms with van der Waals surface area (Å²) in [7, 11) is 0. The predicted molar refractivity (Wildman–Crippen MR) is 174 cm³/mol. The van der Waals surface area contributed by atoms with Crippen molar-refractivity contribution >= 4 is 17.6 Å². The van der Waals surface area contributed by atoms with E-state index in [9.17, 15) is 19.7 Å². The smallest absolute Gasteiger partial charge is 0.338 e. The van der Waals surface area contributed by atoms with E-state index in [2.05, 4.69) is 34.5 Å². The van der Waals surface area contributed by atoms with Crippen molar-refractivity contribution in [2.45, 2.75) is 51.7 Å². The lowest BCUT2D eigenvalue weighted by Gasteiger charge is -2.39. The zero-order valence-electron chi connectivity index (χ0n) is 26.3. The number of piperidine rings is 1. The van der Waals surface area contributed by atoms with Crippen LogP contribution in [0.1, 0.15) is 62.3 Å². The molecule has 0 spiro atoms. The number of benzene rings is 3. The van der Waals surface area contributed by atoms with E-state index in [1.165, 1.54) is 29.3 Å². The van der Waals surface area contributed by atoms with Gasteiger partial charge >= 0.3 is 11.9 Å². The monoisotopic (exact) mass is 624 g/mol. The first kappa shape index (κ1) is 32.4. The number of esters is 2. The van der Waals surface area contributed by atoms with Crippen molar-refractivity contribution in [2.75, 3.05) is 19.7 Å². The maximum atomic E-state index is 13.9. The van der Waals surface area contributed by atoms with E-state index >= 15 is 0 Å². The predicted octanol–water partition coefficient (Wildman–Crippen LogP) is 5.72. The van der Waals surface area contributed by atoms with Gasteiger partial charge in [0.15, 0.2) is 0 Å². The van der Waals surface area contributed by atoms with Crippen molar-refractivity contribution in [3.8, 4) is 0 Å². The molecule has 1 saturated heterocycles. The summed E-state index contributed by atoms with van der Waals surface area (Å²) in [4.78, 5) is 40.8. The molecule has 0 bridgehead atoms. The average Bonchev–Trinajstić information content (AvgIpc) is 3.04. The number of likely N-dealkylation sites (tertiary alicyclic amines) is 1. The molecule has 1 fully saturated rings. The molecule has 0 saturated carbocycles. The van der Waals surface area contributed by atoms with Crippen molar-refractivity contribution in [1.29, 1.82) is 0 Å². The van der Waals surface area contributed by atoms with Crippen LogP contribution in [0.5, 0.6) is 0 Å². The first-order valence-electron chi connectivity index (χ1n) is 15.6. The second-order valence-corrected chi connectivity index (χ2v) is 12.1. The first-order valence-corrected chi connectivity index (χ1v) is 15.6. The fraction of sp³-hybridized carbons (Fsp3) is 0.333. The third-order valence-electron chi connectivity index (χ3n) is 8.39. The number of nitro benzene ring substituents is 1. The van der Waals surface area contributed by atoms with E-state index in [4.69, 9.17) is 15.2 Å². The minimum atomic E-state index is -1.02.